The molecular weight excluding hydrogens is 548 g/mol. The first-order valence-electron chi connectivity index (χ1n) is 17.9. The fourth-order valence-electron chi connectivity index (χ4n) is 7.99. The lowest BCUT2D eigenvalue weighted by Gasteiger charge is -2.30. The molecule has 0 bridgehead atoms. The highest BCUT2D eigenvalue weighted by molar-refractivity contribution is 5.61. The predicted octanol–water partition coefficient (Wildman–Crippen LogP) is 11.2. The van der Waals surface area contributed by atoms with Gasteiger partial charge in [-0.1, -0.05) is 131 Å². The van der Waals surface area contributed by atoms with E-state index in [9.17, 15) is 0 Å². The van der Waals surface area contributed by atoms with Crippen molar-refractivity contribution in [2.45, 2.75) is 122 Å². The van der Waals surface area contributed by atoms with Gasteiger partial charge in [0, 0.05) is 11.0 Å². The molecule has 2 aliphatic carbocycles. The van der Waals surface area contributed by atoms with Crippen LogP contribution >= 0.6 is 0 Å². The van der Waals surface area contributed by atoms with E-state index < -0.39 is 0 Å². The van der Waals surface area contributed by atoms with Crippen LogP contribution in [0.25, 0.3) is 0 Å². The van der Waals surface area contributed by atoms with E-state index in [1.165, 1.54) is 96.7 Å². The van der Waals surface area contributed by atoms with Crippen LogP contribution in [0.5, 0.6) is 5.75 Å². The van der Waals surface area contributed by atoms with Crippen molar-refractivity contribution in [3.05, 3.63) is 135 Å². The first-order valence-corrected chi connectivity index (χ1v) is 17.9. The van der Waals surface area contributed by atoms with Gasteiger partial charge in [-0.25, -0.2) is 0 Å². The molecule has 1 unspecified atom stereocenters. The first-order chi connectivity index (χ1) is 22.2. The van der Waals surface area contributed by atoms with Gasteiger partial charge in [0.15, 0.2) is 5.75 Å². The molecule has 0 fully saturated rings. The van der Waals surface area contributed by atoms with Gasteiger partial charge in [-0.05, 0) is 108 Å². The van der Waals surface area contributed by atoms with Gasteiger partial charge in [-0.15, -0.1) is 0 Å². The van der Waals surface area contributed by atoms with Crippen LogP contribution < -0.4 is 4.89 Å². The molecule has 45 heavy (non-hydrogen) atoms. The second kappa shape index (κ2) is 15.3. The maximum absolute atomic E-state index is 6.20. The Labute approximate surface area is 272 Å². The Hall–Kier alpha value is -3.36. The number of benzene rings is 4. The Morgan fingerprint density at radius 1 is 0.556 bits per heavy atom. The molecule has 0 amide bonds. The summed E-state index contributed by atoms with van der Waals surface area (Å²) in [7, 11) is 0. The molecule has 0 aliphatic heterocycles. The van der Waals surface area contributed by atoms with Crippen molar-refractivity contribution in [3.8, 4) is 5.75 Å². The molecular formula is C43H52O2. The average molecular weight is 601 g/mol. The van der Waals surface area contributed by atoms with Gasteiger partial charge in [-0.2, -0.15) is 4.89 Å². The van der Waals surface area contributed by atoms with Crippen molar-refractivity contribution in [1.82, 2.24) is 0 Å². The van der Waals surface area contributed by atoms with Gasteiger partial charge in [0.1, 0.15) is 6.61 Å². The molecule has 0 saturated heterocycles. The first kappa shape index (κ1) is 31.6. The lowest BCUT2D eigenvalue weighted by molar-refractivity contribution is -0.218. The fraction of sp³-hybridized carbons (Fsp3) is 0.442. The summed E-state index contributed by atoms with van der Waals surface area (Å²) in [6.07, 6.45) is 18.3. The summed E-state index contributed by atoms with van der Waals surface area (Å²) in [5, 5.41) is 0. The minimum Gasteiger partial charge on any atom is -0.337 e. The Kier molecular flexibility index (Phi) is 10.7. The molecule has 0 N–H and O–H groups in total. The van der Waals surface area contributed by atoms with Crippen LogP contribution in [0.15, 0.2) is 84.9 Å². The molecule has 0 aromatic heterocycles. The Morgan fingerprint density at radius 2 is 1.11 bits per heavy atom. The Balaban J connectivity index is 1.15. The van der Waals surface area contributed by atoms with Crippen molar-refractivity contribution < 1.29 is 9.78 Å². The third-order valence-corrected chi connectivity index (χ3v) is 10.4. The van der Waals surface area contributed by atoms with Crippen molar-refractivity contribution >= 4 is 0 Å². The van der Waals surface area contributed by atoms with Crippen LogP contribution in [-0.4, -0.2) is 0 Å². The van der Waals surface area contributed by atoms with E-state index in [-0.39, 0.29) is 5.41 Å². The monoisotopic (exact) mass is 600 g/mol. The number of hydrogen-bond donors (Lipinski definition) is 0. The van der Waals surface area contributed by atoms with Crippen molar-refractivity contribution in [1.29, 1.82) is 0 Å². The van der Waals surface area contributed by atoms with Gasteiger partial charge >= 0.3 is 0 Å². The van der Waals surface area contributed by atoms with Gasteiger partial charge in [0.25, 0.3) is 0 Å². The molecule has 1 spiro atoms. The highest BCUT2D eigenvalue weighted by atomic mass is 17.2. The second-order valence-corrected chi connectivity index (χ2v) is 13.6. The molecule has 6 rings (SSSR count). The van der Waals surface area contributed by atoms with Crippen LogP contribution in [0.3, 0.4) is 0 Å². The normalized spacial score (nSPS) is 16.7. The quantitative estimate of drug-likeness (QED) is 0.0723. The number of hydrogen-bond acceptors (Lipinski definition) is 2. The third kappa shape index (κ3) is 7.39. The average Bonchev–Trinajstić information content (AvgIpc) is 3.65. The van der Waals surface area contributed by atoms with Gasteiger partial charge in [0.05, 0.1) is 0 Å². The topological polar surface area (TPSA) is 18.5 Å². The predicted molar refractivity (Wildman–Crippen MR) is 187 cm³/mol. The second-order valence-electron chi connectivity index (χ2n) is 13.6. The van der Waals surface area contributed by atoms with Crippen LogP contribution in [0.4, 0.5) is 0 Å². The van der Waals surface area contributed by atoms with E-state index in [1.807, 2.05) is 0 Å². The van der Waals surface area contributed by atoms with Crippen LogP contribution in [0.1, 0.15) is 128 Å². The zero-order valence-corrected chi connectivity index (χ0v) is 27.7. The summed E-state index contributed by atoms with van der Waals surface area (Å²) >= 11 is 0. The third-order valence-electron chi connectivity index (χ3n) is 10.4. The van der Waals surface area contributed by atoms with E-state index in [1.54, 1.807) is 5.56 Å². The van der Waals surface area contributed by atoms with Gasteiger partial charge < -0.3 is 4.89 Å². The summed E-state index contributed by atoms with van der Waals surface area (Å²) < 4.78 is 0. The maximum atomic E-state index is 6.20. The zero-order valence-electron chi connectivity index (χ0n) is 27.7. The molecule has 1 atom stereocenters. The van der Waals surface area contributed by atoms with E-state index in [0.717, 1.165) is 49.8 Å². The van der Waals surface area contributed by atoms with E-state index >= 15 is 0 Å². The number of fused-ring (bicyclic) bond motifs is 4. The lowest BCUT2D eigenvalue weighted by Crippen LogP contribution is -2.24. The molecule has 4 aromatic carbocycles. The van der Waals surface area contributed by atoms with Crippen molar-refractivity contribution in [2.24, 2.45) is 0 Å². The van der Waals surface area contributed by atoms with Crippen molar-refractivity contribution in [2.75, 3.05) is 0 Å². The summed E-state index contributed by atoms with van der Waals surface area (Å²) in [6.45, 7) is 4.99. The highest BCUT2D eigenvalue weighted by Gasteiger charge is 2.48. The molecule has 2 aliphatic rings. The van der Waals surface area contributed by atoms with Crippen molar-refractivity contribution in [3.63, 3.8) is 0 Å². The molecule has 0 radical (unpaired) electrons. The zero-order chi connectivity index (χ0) is 30.9. The molecule has 0 saturated carbocycles. The molecule has 0 heterocycles. The number of aryl methyl sites for hydroxylation is 4. The van der Waals surface area contributed by atoms with Crippen LogP contribution in [0.2, 0.25) is 0 Å². The lowest BCUT2D eigenvalue weighted by atomic mass is 9.74. The largest absolute Gasteiger partial charge is 0.337 e. The highest BCUT2D eigenvalue weighted by Crippen LogP contribution is 2.56. The van der Waals surface area contributed by atoms with E-state index in [0.29, 0.717) is 6.61 Å². The molecule has 2 heteroatoms. The summed E-state index contributed by atoms with van der Waals surface area (Å²) in [6, 6.07) is 31.9. The Morgan fingerprint density at radius 3 is 1.73 bits per heavy atom. The Bertz CT molecular complexity index is 1510. The van der Waals surface area contributed by atoms with Crippen LogP contribution in [0, 0.1) is 0 Å². The summed E-state index contributed by atoms with van der Waals surface area (Å²) in [5.74, 6) is 0.896. The van der Waals surface area contributed by atoms with Crippen LogP contribution in [-0.2, 0) is 49.0 Å². The van der Waals surface area contributed by atoms with E-state index in [4.69, 9.17) is 9.78 Å². The smallest absolute Gasteiger partial charge is 0.169 e. The molecule has 2 nitrogen and oxygen atoms in total. The molecule has 4 aromatic rings. The number of rotatable bonds is 16. The fourth-order valence-corrected chi connectivity index (χ4v) is 7.99. The minimum atomic E-state index is -0.000143. The number of unbranched alkanes of at least 4 members (excludes halogenated alkanes) is 6. The van der Waals surface area contributed by atoms with E-state index in [2.05, 4.69) is 98.8 Å². The maximum Gasteiger partial charge on any atom is 0.169 e. The standard InChI is InChI=1S/C43H52O2/c1-3-5-7-9-13-33-19-23-35(24-20-33)31-39-17-11-15-37-27-29-43(41(37)39)30-28-38-16-12-18-40(42(38)43)45-44-32-36-25-21-34(22-26-36)14-10-8-6-4-2/h11-12,15-26H,3-10,13-14,27-32H2,1-2H3. The minimum absolute atomic E-state index is 0.000143. The SMILES string of the molecule is CCCCCCc1ccc(COOc2cccc3c2C2(CCc4cccc(Cc5ccc(CCCCCC)cc5)c42)CC3)cc1. The van der Waals surface area contributed by atoms with Gasteiger partial charge in [-0.3, -0.25) is 0 Å². The van der Waals surface area contributed by atoms with Gasteiger partial charge in [0.2, 0.25) is 0 Å². The molecule has 236 valence electrons. The summed E-state index contributed by atoms with van der Waals surface area (Å²) in [5.41, 5.74) is 12.7. The summed E-state index contributed by atoms with van der Waals surface area (Å²) in [4.78, 5) is 12.1.